The van der Waals surface area contributed by atoms with Crippen LogP contribution in [0, 0.1) is 0 Å². The normalized spacial score (nSPS) is 18.5. The second-order valence-corrected chi connectivity index (χ2v) is 12.2. The van der Waals surface area contributed by atoms with Crippen LogP contribution in [0.4, 0.5) is 11.4 Å². The van der Waals surface area contributed by atoms with Crippen LogP contribution in [0.25, 0.3) is 0 Å². The molecule has 0 unspecified atom stereocenters. The Labute approximate surface area is 247 Å². The molecule has 42 heavy (non-hydrogen) atoms. The van der Waals surface area contributed by atoms with E-state index in [2.05, 4.69) is 50.4 Å². The number of ketones is 1. The van der Waals surface area contributed by atoms with E-state index in [-0.39, 0.29) is 23.0 Å². The molecule has 1 aliphatic heterocycles. The highest BCUT2D eigenvalue weighted by Crippen LogP contribution is 2.48. The Morgan fingerprint density at radius 3 is 2.12 bits per heavy atom. The summed E-state index contributed by atoms with van der Waals surface area (Å²) >= 11 is 0. The van der Waals surface area contributed by atoms with Crippen LogP contribution in [0.3, 0.4) is 0 Å². The molecule has 1 amide bonds. The van der Waals surface area contributed by atoms with E-state index in [1.165, 1.54) is 5.56 Å². The number of methoxy groups -OCH3 is 1. The maximum Gasteiger partial charge on any atom is 0.259 e. The van der Waals surface area contributed by atoms with E-state index in [4.69, 9.17) is 4.74 Å². The standard InChI is InChI=1S/C37H36N2O3/c1-37(2,3)28-18-14-25(15-19-28)35-34-31(22-27(23-33(34)40)24-16-20-29(42-4)21-17-24)38-30-12-8-9-13-32(30)39(35)36(41)26-10-6-5-7-11-26/h5-21,27,35,38H,22-23H2,1-4H3/t27-,35-/m1/s1. The third-order valence-electron chi connectivity index (χ3n) is 8.41. The monoisotopic (exact) mass is 556 g/mol. The number of amides is 1. The molecule has 6 rings (SSSR count). The molecule has 0 aromatic heterocycles. The zero-order valence-electron chi connectivity index (χ0n) is 24.6. The molecule has 0 radical (unpaired) electrons. The minimum absolute atomic E-state index is 0.0158. The largest absolute Gasteiger partial charge is 0.497 e. The lowest BCUT2D eigenvalue weighted by Crippen LogP contribution is -2.38. The van der Waals surface area contributed by atoms with Crippen LogP contribution in [-0.4, -0.2) is 18.8 Å². The van der Waals surface area contributed by atoms with Crippen molar-refractivity contribution >= 4 is 23.1 Å². The molecule has 0 saturated carbocycles. The summed E-state index contributed by atoms with van der Waals surface area (Å²) < 4.78 is 5.36. The number of hydrogen-bond acceptors (Lipinski definition) is 4. The lowest BCUT2D eigenvalue weighted by Gasteiger charge is -2.35. The number of benzene rings is 4. The number of hydrogen-bond donors (Lipinski definition) is 1. The van der Waals surface area contributed by atoms with Gasteiger partial charge in [0.15, 0.2) is 5.78 Å². The average molecular weight is 557 g/mol. The second-order valence-electron chi connectivity index (χ2n) is 12.2. The molecule has 2 aliphatic rings. The van der Waals surface area contributed by atoms with E-state index in [0.29, 0.717) is 24.0 Å². The van der Waals surface area contributed by atoms with Gasteiger partial charge in [-0.05, 0) is 70.8 Å². The Hall–Kier alpha value is -4.64. The van der Waals surface area contributed by atoms with Crippen LogP contribution >= 0.6 is 0 Å². The van der Waals surface area contributed by atoms with Crippen molar-refractivity contribution in [1.29, 1.82) is 0 Å². The first-order valence-corrected chi connectivity index (χ1v) is 14.5. The predicted octanol–water partition coefficient (Wildman–Crippen LogP) is 8.21. The maximum atomic E-state index is 14.4. The van der Waals surface area contributed by atoms with Crippen molar-refractivity contribution in [2.75, 3.05) is 17.3 Å². The van der Waals surface area contributed by atoms with Gasteiger partial charge in [0.25, 0.3) is 5.91 Å². The van der Waals surface area contributed by atoms with Gasteiger partial charge in [0.05, 0.1) is 24.5 Å². The van der Waals surface area contributed by atoms with E-state index in [9.17, 15) is 9.59 Å². The Bertz CT molecular complexity index is 1650. The molecule has 1 heterocycles. The van der Waals surface area contributed by atoms with Crippen molar-refractivity contribution in [3.63, 3.8) is 0 Å². The van der Waals surface area contributed by atoms with E-state index in [0.717, 1.165) is 33.9 Å². The Balaban J connectivity index is 1.53. The molecular formula is C37H36N2O3. The quantitative estimate of drug-likeness (QED) is 0.275. The highest BCUT2D eigenvalue weighted by Gasteiger charge is 2.42. The summed E-state index contributed by atoms with van der Waals surface area (Å²) in [5.74, 6) is 0.708. The number of allylic oxidation sites excluding steroid dienone is 1. The van der Waals surface area contributed by atoms with Crippen molar-refractivity contribution in [2.24, 2.45) is 0 Å². The lowest BCUT2D eigenvalue weighted by atomic mass is 9.77. The third-order valence-corrected chi connectivity index (χ3v) is 8.41. The third kappa shape index (κ3) is 5.11. The Morgan fingerprint density at radius 2 is 1.45 bits per heavy atom. The fraction of sp³-hybridized carbons (Fsp3) is 0.243. The lowest BCUT2D eigenvalue weighted by molar-refractivity contribution is -0.116. The number of fused-ring (bicyclic) bond motifs is 1. The molecule has 0 fully saturated rings. The second kappa shape index (κ2) is 11.0. The van der Waals surface area contributed by atoms with Gasteiger partial charge in [-0.2, -0.15) is 0 Å². The average Bonchev–Trinajstić information content (AvgIpc) is 3.15. The number of carbonyl (C=O) groups is 2. The predicted molar refractivity (Wildman–Crippen MR) is 168 cm³/mol. The van der Waals surface area contributed by atoms with Crippen molar-refractivity contribution < 1.29 is 14.3 Å². The first-order valence-electron chi connectivity index (χ1n) is 14.5. The van der Waals surface area contributed by atoms with Crippen LogP contribution in [0.1, 0.15) is 72.6 Å². The summed E-state index contributed by atoms with van der Waals surface area (Å²) in [6, 6.07) is 33.0. The molecule has 212 valence electrons. The Kier molecular flexibility index (Phi) is 7.19. The number of Topliss-reactive ketones (excluding diaryl/α,β-unsaturated/α-hetero) is 1. The summed E-state index contributed by atoms with van der Waals surface area (Å²) in [6.45, 7) is 6.55. The maximum absolute atomic E-state index is 14.4. The number of anilines is 2. The van der Waals surface area contributed by atoms with E-state index in [1.54, 1.807) is 7.11 Å². The SMILES string of the molecule is COc1ccc([C@H]2CC(=O)C3=C(C2)Nc2ccccc2N(C(=O)c2ccccc2)[C@@H]3c2ccc(C(C)(C)C)cc2)cc1. The summed E-state index contributed by atoms with van der Waals surface area (Å²) in [5, 5.41) is 3.63. The van der Waals surface area contributed by atoms with E-state index in [1.807, 2.05) is 83.8 Å². The van der Waals surface area contributed by atoms with Gasteiger partial charge in [0, 0.05) is 23.3 Å². The van der Waals surface area contributed by atoms with Crippen LogP contribution in [0.15, 0.2) is 114 Å². The fourth-order valence-corrected chi connectivity index (χ4v) is 6.13. The number of para-hydroxylation sites is 2. The smallest absolute Gasteiger partial charge is 0.259 e. The van der Waals surface area contributed by atoms with Gasteiger partial charge in [-0.25, -0.2) is 0 Å². The molecule has 5 nitrogen and oxygen atoms in total. The number of carbonyl (C=O) groups excluding carboxylic acids is 2. The van der Waals surface area contributed by atoms with Gasteiger partial charge >= 0.3 is 0 Å². The highest BCUT2D eigenvalue weighted by molar-refractivity contribution is 6.12. The summed E-state index contributed by atoms with van der Waals surface area (Å²) in [7, 11) is 1.65. The van der Waals surface area contributed by atoms with Crippen molar-refractivity contribution in [2.45, 2.75) is 51.0 Å². The van der Waals surface area contributed by atoms with Gasteiger partial charge in [-0.1, -0.05) is 87.5 Å². The van der Waals surface area contributed by atoms with Gasteiger partial charge in [-0.3, -0.25) is 14.5 Å². The van der Waals surface area contributed by atoms with Crippen LogP contribution in [-0.2, 0) is 10.2 Å². The zero-order valence-corrected chi connectivity index (χ0v) is 24.6. The number of ether oxygens (including phenoxy) is 1. The fourth-order valence-electron chi connectivity index (χ4n) is 6.13. The molecule has 0 saturated heterocycles. The van der Waals surface area contributed by atoms with Gasteiger partial charge < -0.3 is 10.1 Å². The highest BCUT2D eigenvalue weighted by atomic mass is 16.5. The molecule has 5 heteroatoms. The summed E-state index contributed by atoms with van der Waals surface area (Å²) in [4.78, 5) is 30.5. The van der Waals surface area contributed by atoms with Crippen molar-refractivity contribution in [1.82, 2.24) is 0 Å². The molecule has 0 bridgehead atoms. The minimum Gasteiger partial charge on any atom is -0.497 e. The molecule has 0 spiro atoms. The minimum atomic E-state index is -0.581. The van der Waals surface area contributed by atoms with Crippen LogP contribution in [0.2, 0.25) is 0 Å². The number of nitrogens with one attached hydrogen (secondary N) is 1. The molecule has 4 aromatic carbocycles. The van der Waals surface area contributed by atoms with Crippen molar-refractivity contribution in [3.05, 3.63) is 137 Å². The van der Waals surface area contributed by atoms with Crippen molar-refractivity contribution in [3.8, 4) is 5.75 Å². The first kappa shape index (κ1) is 27.5. The molecular weight excluding hydrogens is 520 g/mol. The summed E-state index contributed by atoms with van der Waals surface area (Å²) in [6.07, 6.45) is 1.03. The zero-order chi connectivity index (χ0) is 29.4. The molecule has 2 atom stereocenters. The van der Waals surface area contributed by atoms with Crippen LogP contribution < -0.4 is 15.0 Å². The van der Waals surface area contributed by atoms with Gasteiger partial charge in [-0.15, -0.1) is 0 Å². The molecule has 1 aliphatic carbocycles. The van der Waals surface area contributed by atoms with Gasteiger partial charge in [0.1, 0.15) is 5.75 Å². The molecule has 4 aromatic rings. The number of nitrogens with zero attached hydrogens (tertiary/aromatic N) is 1. The van der Waals surface area contributed by atoms with Gasteiger partial charge in [0.2, 0.25) is 0 Å². The van der Waals surface area contributed by atoms with E-state index >= 15 is 0 Å². The number of rotatable bonds is 4. The Morgan fingerprint density at radius 1 is 0.810 bits per heavy atom. The van der Waals surface area contributed by atoms with E-state index < -0.39 is 6.04 Å². The topological polar surface area (TPSA) is 58.6 Å². The van der Waals surface area contributed by atoms with Crippen LogP contribution in [0.5, 0.6) is 5.75 Å². The first-order chi connectivity index (χ1) is 20.2. The summed E-state index contributed by atoms with van der Waals surface area (Å²) in [5.41, 5.74) is 6.84. The molecule has 1 N–H and O–H groups in total.